The van der Waals surface area contributed by atoms with E-state index in [1.165, 1.54) is 4.88 Å². The molecule has 1 atom stereocenters. The molecule has 19 heavy (non-hydrogen) atoms. The molecule has 1 aromatic rings. The summed E-state index contributed by atoms with van der Waals surface area (Å²) in [4.78, 5) is 13.7. The molecule has 0 aromatic carbocycles. The first kappa shape index (κ1) is 16.1. The van der Waals surface area contributed by atoms with Crippen molar-refractivity contribution in [1.82, 2.24) is 5.32 Å². The van der Waals surface area contributed by atoms with Crippen molar-refractivity contribution in [3.05, 3.63) is 22.4 Å². The normalized spacial score (nSPS) is 13.0. The second-order valence-corrected chi connectivity index (χ2v) is 6.74. The first-order valence-corrected chi connectivity index (χ1v) is 7.78. The summed E-state index contributed by atoms with van der Waals surface area (Å²) in [6.07, 6.45) is 1.60. The first-order chi connectivity index (χ1) is 8.88. The number of carbonyl (C=O) groups excluding carboxylic acids is 1. The van der Waals surface area contributed by atoms with Crippen LogP contribution < -0.4 is 11.1 Å². The van der Waals surface area contributed by atoms with Crippen molar-refractivity contribution in [3.63, 3.8) is 0 Å². The van der Waals surface area contributed by atoms with E-state index in [4.69, 9.17) is 18.0 Å². The van der Waals surface area contributed by atoms with Crippen LogP contribution in [-0.4, -0.2) is 17.4 Å². The largest absolute Gasteiger partial charge is 0.393 e. The Hall–Kier alpha value is -0.940. The lowest BCUT2D eigenvalue weighted by atomic mass is 9.91. The molecule has 1 amide bonds. The van der Waals surface area contributed by atoms with Gasteiger partial charge in [0.1, 0.15) is 0 Å². The van der Waals surface area contributed by atoms with Gasteiger partial charge in [0, 0.05) is 16.8 Å². The molecule has 0 radical (unpaired) electrons. The van der Waals surface area contributed by atoms with E-state index in [2.05, 4.69) is 25.2 Å². The van der Waals surface area contributed by atoms with E-state index >= 15 is 0 Å². The van der Waals surface area contributed by atoms with Crippen LogP contribution in [0, 0.1) is 5.92 Å². The van der Waals surface area contributed by atoms with Gasteiger partial charge in [-0.15, -0.1) is 11.3 Å². The summed E-state index contributed by atoms with van der Waals surface area (Å²) in [5.74, 6) is -0.405. The van der Waals surface area contributed by atoms with Gasteiger partial charge in [-0.05, 0) is 17.9 Å². The predicted octanol–water partition coefficient (Wildman–Crippen LogP) is 2.84. The zero-order valence-electron chi connectivity index (χ0n) is 11.7. The van der Waals surface area contributed by atoms with Crippen molar-refractivity contribution < 1.29 is 4.79 Å². The summed E-state index contributed by atoms with van der Waals surface area (Å²) in [5, 5.41) is 5.03. The van der Waals surface area contributed by atoms with Crippen LogP contribution in [0.3, 0.4) is 0 Å². The third kappa shape index (κ3) is 4.58. The highest BCUT2D eigenvalue weighted by molar-refractivity contribution is 7.80. The number of hydrogen-bond acceptors (Lipinski definition) is 3. The minimum absolute atomic E-state index is 0.0565. The zero-order chi connectivity index (χ0) is 14.5. The minimum atomic E-state index is -0.348. The molecular formula is C14H22N2OS2. The number of nitrogens with one attached hydrogen (secondary N) is 1. The van der Waals surface area contributed by atoms with Crippen LogP contribution >= 0.6 is 23.6 Å². The zero-order valence-corrected chi connectivity index (χ0v) is 13.4. The van der Waals surface area contributed by atoms with E-state index in [0.717, 1.165) is 6.42 Å². The Morgan fingerprint density at radius 2 is 2.26 bits per heavy atom. The molecule has 1 heterocycles. The van der Waals surface area contributed by atoms with Gasteiger partial charge in [0.2, 0.25) is 5.91 Å². The van der Waals surface area contributed by atoms with Gasteiger partial charge in [-0.3, -0.25) is 4.79 Å². The molecule has 3 nitrogen and oxygen atoms in total. The van der Waals surface area contributed by atoms with Gasteiger partial charge in [0.05, 0.1) is 10.9 Å². The second kappa shape index (κ2) is 7.01. The Morgan fingerprint density at radius 3 is 2.74 bits per heavy atom. The van der Waals surface area contributed by atoms with Gasteiger partial charge in [-0.1, -0.05) is 45.5 Å². The topological polar surface area (TPSA) is 55.1 Å². The minimum Gasteiger partial charge on any atom is -0.393 e. The molecule has 3 N–H and O–H groups in total. The van der Waals surface area contributed by atoms with Gasteiger partial charge in [-0.25, -0.2) is 0 Å². The number of rotatable bonds is 7. The number of thiocarbonyl (C=S) groups is 1. The van der Waals surface area contributed by atoms with Crippen molar-refractivity contribution >= 4 is 34.5 Å². The Labute approximate surface area is 124 Å². The molecule has 0 saturated heterocycles. The fraction of sp³-hybridized carbons (Fsp3) is 0.571. The van der Waals surface area contributed by atoms with Crippen LogP contribution in [0.2, 0.25) is 0 Å². The SMILES string of the molecule is CCCC(C(=O)NCC(C)(C)c1cccs1)C(N)=S. The van der Waals surface area contributed by atoms with Crippen LogP contribution in [0.25, 0.3) is 0 Å². The van der Waals surface area contributed by atoms with E-state index in [1.807, 2.05) is 18.4 Å². The van der Waals surface area contributed by atoms with Gasteiger partial charge < -0.3 is 11.1 Å². The van der Waals surface area contributed by atoms with E-state index in [0.29, 0.717) is 13.0 Å². The van der Waals surface area contributed by atoms with Crippen molar-refractivity contribution in [1.29, 1.82) is 0 Å². The standard InChI is InChI=1S/C14H22N2OS2/c1-4-6-10(12(15)18)13(17)16-9-14(2,3)11-7-5-8-19-11/h5,7-8,10H,4,6,9H2,1-3H3,(H2,15,18)(H,16,17). The fourth-order valence-electron chi connectivity index (χ4n) is 1.87. The summed E-state index contributed by atoms with van der Waals surface area (Å²) in [6.45, 7) is 6.85. The number of thiophene rings is 1. The van der Waals surface area contributed by atoms with Crippen LogP contribution in [0.5, 0.6) is 0 Å². The number of amides is 1. The summed E-state index contributed by atoms with van der Waals surface area (Å²) in [6, 6.07) is 4.12. The van der Waals surface area contributed by atoms with Crippen LogP contribution in [0.15, 0.2) is 17.5 Å². The molecule has 0 fully saturated rings. The maximum absolute atomic E-state index is 12.1. The molecule has 0 saturated carbocycles. The van der Waals surface area contributed by atoms with Crippen LogP contribution in [0.1, 0.15) is 38.5 Å². The Bertz CT molecular complexity index is 427. The summed E-state index contributed by atoms with van der Waals surface area (Å²) >= 11 is 6.67. The first-order valence-electron chi connectivity index (χ1n) is 6.49. The van der Waals surface area contributed by atoms with Gasteiger partial charge >= 0.3 is 0 Å². The average molecular weight is 298 g/mol. The average Bonchev–Trinajstić information content (AvgIpc) is 2.87. The molecule has 1 unspecified atom stereocenters. The molecular weight excluding hydrogens is 276 g/mol. The summed E-state index contributed by atoms with van der Waals surface area (Å²) in [5.41, 5.74) is 5.56. The van der Waals surface area contributed by atoms with Crippen molar-refractivity contribution in [3.8, 4) is 0 Å². The molecule has 1 rings (SSSR count). The molecule has 0 aliphatic rings. The number of carbonyl (C=O) groups is 1. The lowest BCUT2D eigenvalue weighted by molar-refractivity contribution is -0.123. The molecule has 0 aliphatic carbocycles. The lowest BCUT2D eigenvalue weighted by Crippen LogP contribution is -2.42. The molecule has 0 spiro atoms. The number of nitrogens with two attached hydrogens (primary N) is 1. The Balaban J connectivity index is 2.60. The third-order valence-electron chi connectivity index (χ3n) is 3.13. The van der Waals surface area contributed by atoms with E-state index in [1.54, 1.807) is 11.3 Å². The van der Waals surface area contributed by atoms with Gasteiger partial charge in [-0.2, -0.15) is 0 Å². The second-order valence-electron chi connectivity index (χ2n) is 5.32. The van der Waals surface area contributed by atoms with Crippen molar-refractivity contribution in [2.75, 3.05) is 6.54 Å². The van der Waals surface area contributed by atoms with Gasteiger partial charge in [0.15, 0.2) is 0 Å². The summed E-state index contributed by atoms with van der Waals surface area (Å²) in [7, 11) is 0. The van der Waals surface area contributed by atoms with Crippen LogP contribution in [0.4, 0.5) is 0 Å². The molecule has 0 aliphatic heterocycles. The van der Waals surface area contributed by atoms with Crippen LogP contribution in [-0.2, 0) is 10.2 Å². The smallest absolute Gasteiger partial charge is 0.229 e. The third-order valence-corrected chi connectivity index (χ3v) is 4.65. The van der Waals surface area contributed by atoms with E-state index in [9.17, 15) is 4.79 Å². The van der Waals surface area contributed by atoms with E-state index < -0.39 is 0 Å². The fourth-order valence-corrected chi connectivity index (χ4v) is 2.95. The quantitative estimate of drug-likeness (QED) is 0.761. The van der Waals surface area contributed by atoms with E-state index in [-0.39, 0.29) is 22.2 Å². The van der Waals surface area contributed by atoms with Gasteiger partial charge in [0.25, 0.3) is 0 Å². The monoisotopic (exact) mass is 298 g/mol. The highest BCUT2D eigenvalue weighted by atomic mass is 32.1. The molecule has 5 heteroatoms. The summed E-state index contributed by atoms with van der Waals surface area (Å²) < 4.78 is 0. The maximum Gasteiger partial charge on any atom is 0.229 e. The highest BCUT2D eigenvalue weighted by Crippen LogP contribution is 2.26. The van der Waals surface area contributed by atoms with Crippen molar-refractivity contribution in [2.45, 2.75) is 39.0 Å². The Kier molecular flexibility index (Phi) is 5.94. The molecule has 106 valence electrons. The molecule has 1 aromatic heterocycles. The lowest BCUT2D eigenvalue weighted by Gasteiger charge is -2.25. The maximum atomic E-state index is 12.1. The Morgan fingerprint density at radius 1 is 1.58 bits per heavy atom. The predicted molar refractivity (Wildman–Crippen MR) is 85.5 cm³/mol. The van der Waals surface area contributed by atoms with Crippen molar-refractivity contribution in [2.24, 2.45) is 11.7 Å². The molecule has 0 bridgehead atoms. The highest BCUT2D eigenvalue weighted by Gasteiger charge is 2.25. The number of hydrogen-bond donors (Lipinski definition) is 2.